The zero-order valence-corrected chi connectivity index (χ0v) is 16.2. The fourth-order valence-corrected chi connectivity index (χ4v) is 3.06. The van der Waals surface area contributed by atoms with Crippen LogP contribution in [0.1, 0.15) is 10.4 Å². The first-order valence-corrected chi connectivity index (χ1v) is 9.98. The Morgan fingerprint density at radius 2 is 1.96 bits per heavy atom. The Bertz CT molecular complexity index is 977. The molecule has 0 spiro atoms. The van der Waals surface area contributed by atoms with Gasteiger partial charge in [-0.15, -0.1) is 0 Å². The van der Waals surface area contributed by atoms with Gasteiger partial charge in [-0.2, -0.15) is 0 Å². The van der Waals surface area contributed by atoms with Gasteiger partial charge in [-0.1, -0.05) is 17.7 Å². The summed E-state index contributed by atoms with van der Waals surface area (Å²) in [5.74, 6) is -0.0173. The highest BCUT2D eigenvalue weighted by Crippen LogP contribution is 2.22. The number of carbonyl (C=O) groups excluding carboxylic acids is 1. The Labute approximate surface area is 161 Å². The van der Waals surface area contributed by atoms with E-state index in [1.54, 1.807) is 24.3 Å². The molecule has 0 bridgehead atoms. The summed E-state index contributed by atoms with van der Waals surface area (Å²) in [4.78, 5) is 23.8. The molecule has 144 valence electrons. The van der Waals surface area contributed by atoms with Crippen molar-refractivity contribution in [3.63, 3.8) is 0 Å². The summed E-state index contributed by atoms with van der Waals surface area (Å²) in [6, 6.07) is 9.86. The van der Waals surface area contributed by atoms with Crippen molar-refractivity contribution in [1.29, 1.82) is 0 Å². The topological polar surface area (TPSA) is 107 Å². The van der Waals surface area contributed by atoms with E-state index >= 15 is 0 Å². The van der Waals surface area contributed by atoms with E-state index in [9.17, 15) is 23.3 Å². The lowest BCUT2D eigenvalue weighted by Crippen LogP contribution is -2.31. The maximum atomic E-state index is 12.5. The third kappa shape index (κ3) is 5.66. The number of ether oxygens (including phenoxy) is 1. The number of nitro benzene ring substituents is 1. The van der Waals surface area contributed by atoms with Crippen LogP contribution < -0.4 is 4.74 Å². The van der Waals surface area contributed by atoms with Crippen molar-refractivity contribution < 1.29 is 22.9 Å². The van der Waals surface area contributed by atoms with Gasteiger partial charge in [-0.25, -0.2) is 8.42 Å². The fraction of sp³-hybridized carbons (Fsp3) is 0.235. The molecule has 8 nitrogen and oxygen atoms in total. The van der Waals surface area contributed by atoms with E-state index in [0.717, 1.165) is 24.5 Å². The average Bonchev–Trinajstić information content (AvgIpc) is 2.59. The van der Waals surface area contributed by atoms with E-state index in [1.807, 2.05) is 0 Å². The lowest BCUT2D eigenvalue weighted by molar-refractivity contribution is -0.385. The molecule has 10 heteroatoms. The van der Waals surface area contributed by atoms with E-state index in [4.69, 9.17) is 16.3 Å². The number of non-ortho nitro benzene ring substituents is 1. The van der Waals surface area contributed by atoms with Crippen LogP contribution in [0.25, 0.3) is 0 Å². The molecule has 0 heterocycles. The van der Waals surface area contributed by atoms with Crippen LogP contribution in [0.4, 0.5) is 5.69 Å². The van der Waals surface area contributed by atoms with Crippen molar-refractivity contribution in [2.75, 3.05) is 26.5 Å². The third-order valence-corrected chi connectivity index (χ3v) is 4.94. The summed E-state index contributed by atoms with van der Waals surface area (Å²) in [5.41, 5.74) is -0.556. The molecule has 0 N–H and O–H groups in total. The summed E-state index contributed by atoms with van der Waals surface area (Å²) in [6.45, 7) is 0.346. The number of likely N-dealkylation sites (N-methyl/N-ethyl adjacent to an activating group) is 1. The number of sulfone groups is 1. The lowest BCUT2D eigenvalue weighted by atomic mass is 10.2. The van der Waals surface area contributed by atoms with E-state index in [1.165, 1.54) is 11.9 Å². The van der Waals surface area contributed by atoms with Crippen LogP contribution >= 0.6 is 11.6 Å². The second-order valence-corrected chi connectivity index (χ2v) is 8.23. The highest BCUT2D eigenvalue weighted by atomic mass is 35.5. The van der Waals surface area contributed by atoms with Gasteiger partial charge in [0.15, 0.2) is 9.84 Å². The van der Waals surface area contributed by atoms with Crippen molar-refractivity contribution >= 4 is 33.0 Å². The zero-order valence-electron chi connectivity index (χ0n) is 14.6. The van der Waals surface area contributed by atoms with Crippen molar-refractivity contribution in [3.8, 4) is 5.75 Å². The molecule has 27 heavy (non-hydrogen) atoms. The van der Waals surface area contributed by atoms with Crippen LogP contribution in [0.2, 0.25) is 5.02 Å². The van der Waals surface area contributed by atoms with Gasteiger partial charge in [0.1, 0.15) is 12.4 Å². The molecule has 0 saturated heterocycles. The second-order valence-electron chi connectivity index (χ2n) is 5.78. The van der Waals surface area contributed by atoms with E-state index < -0.39 is 26.4 Å². The van der Waals surface area contributed by atoms with Crippen molar-refractivity contribution in [1.82, 2.24) is 4.90 Å². The highest BCUT2D eigenvalue weighted by molar-refractivity contribution is 7.90. The highest BCUT2D eigenvalue weighted by Gasteiger charge is 2.21. The third-order valence-electron chi connectivity index (χ3n) is 3.62. The van der Waals surface area contributed by atoms with Gasteiger partial charge in [0.2, 0.25) is 0 Å². The standard InChI is InChI=1S/C17H17ClN2O6S/c1-19(6-7-26-15-5-3-4-13(18)10-15)17(21)12-8-14(20(22)23)11-16(9-12)27(2,24)25/h3-5,8-11H,6-7H2,1-2H3. The SMILES string of the molecule is CN(CCOc1cccc(Cl)c1)C(=O)c1cc([N+](=O)[O-])cc(S(C)(=O)=O)c1. The van der Waals surface area contributed by atoms with Crippen LogP contribution in [0, 0.1) is 10.1 Å². The van der Waals surface area contributed by atoms with Gasteiger partial charge < -0.3 is 9.64 Å². The molecule has 1 amide bonds. The first-order valence-electron chi connectivity index (χ1n) is 7.71. The number of rotatable bonds is 7. The summed E-state index contributed by atoms with van der Waals surface area (Å²) in [6.07, 6.45) is 0.920. The Kier molecular flexibility index (Phi) is 6.40. The van der Waals surface area contributed by atoms with Crippen molar-refractivity contribution in [2.45, 2.75) is 4.90 Å². The van der Waals surface area contributed by atoms with Crippen LogP contribution in [-0.2, 0) is 9.84 Å². The number of carbonyl (C=O) groups is 1. The number of nitro groups is 1. The minimum absolute atomic E-state index is 0.0881. The Morgan fingerprint density at radius 3 is 2.56 bits per heavy atom. The molecule has 0 aliphatic heterocycles. The molecule has 0 unspecified atom stereocenters. The molecule has 0 radical (unpaired) electrons. The Morgan fingerprint density at radius 1 is 1.26 bits per heavy atom. The summed E-state index contributed by atoms with van der Waals surface area (Å²) in [5, 5.41) is 11.6. The van der Waals surface area contributed by atoms with Crippen molar-refractivity contribution in [2.24, 2.45) is 0 Å². The summed E-state index contributed by atoms with van der Waals surface area (Å²) < 4.78 is 29.0. The number of nitrogens with zero attached hydrogens (tertiary/aromatic N) is 2. The van der Waals surface area contributed by atoms with Crippen LogP contribution in [0.15, 0.2) is 47.4 Å². The normalized spacial score (nSPS) is 11.1. The monoisotopic (exact) mass is 412 g/mol. The summed E-state index contributed by atoms with van der Waals surface area (Å²) in [7, 11) is -2.22. The quantitative estimate of drug-likeness (QED) is 0.511. The van der Waals surface area contributed by atoms with Gasteiger partial charge >= 0.3 is 0 Å². The van der Waals surface area contributed by atoms with Crippen LogP contribution in [0.5, 0.6) is 5.75 Å². The Hall–Kier alpha value is -2.65. The van der Waals surface area contributed by atoms with E-state index in [-0.39, 0.29) is 23.6 Å². The fourth-order valence-electron chi connectivity index (χ4n) is 2.21. The molecular weight excluding hydrogens is 396 g/mol. The summed E-state index contributed by atoms with van der Waals surface area (Å²) >= 11 is 5.86. The number of hydrogen-bond acceptors (Lipinski definition) is 6. The molecule has 0 atom stereocenters. The smallest absolute Gasteiger partial charge is 0.271 e. The first kappa shape index (κ1) is 20.7. The molecule has 0 aliphatic carbocycles. The molecule has 2 aromatic carbocycles. The molecule has 0 fully saturated rings. The average molecular weight is 413 g/mol. The van der Waals surface area contributed by atoms with Crippen molar-refractivity contribution in [3.05, 3.63) is 63.2 Å². The van der Waals surface area contributed by atoms with Gasteiger partial charge in [0.05, 0.1) is 16.4 Å². The molecule has 0 aliphatic rings. The van der Waals surface area contributed by atoms with Crippen LogP contribution in [-0.4, -0.2) is 50.6 Å². The first-order chi connectivity index (χ1) is 12.6. The predicted molar refractivity (Wildman–Crippen MR) is 100 cm³/mol. The van der Waals surface area contributed by atoms with Gasteiger partial charge in [0.25, 0.3) is 11.6 Å². The second kappa shape index (κ2) is 8.36. The van der Waals surface area contributed by atoms with E-state index in [2.05, 4.69) is 0 Å². The lowest BCUT2D eigenvalue weighted by Gasteiger charge is -2.18. The molecule has 2 rings (SSSR count). The number of benzene rings is 2. The minimum Gasteiger partial charge on any atom is -0.492 e. The van der Waals surface area contributed by atoms with Gasteiger partial charge in [-0.3, -0.25) is 14.9 Å². The zero-order chi connectivity index (χ0) is 20.2. The van der Waals surface area contributed by atoms with Crippen LogP contribution in [0.3, 0.4) is 0 Å². The number of hydrogen-bond donors (Lipinski definition) is 0. The molecular formula is C17H17ClN2O6S. The number of amides is 1. The predicted octanol–water partition coefficient (Wildman–Crippen LogP) is 2.80. The minimum atomic E-state index is -3.71. The maximum Gasteiger partial charge on any atom is 0.271 e. The van der Waals surface area contributed by atoms with Gasteiger partial charge in [0, 0.05) is 36.0 Å². The number of halogens is 1. The van der Waals surface area contributed by atoms with Gasteiger partial charge in [-0.05, 0) is 24.3 Å². The molecule has 2 aromatic rings. The maximum absolute atomic E-state index is 12.5. The molecule has 0 saturated carbocycles. The molecule has 0 aromatic heterocycles. The largest absolute Gasteiger partial charge is 0.492 e. The Balaban J connectivity index is 2.13. The van der Waals surface area contributed by atoms with E-state index in [0.29, 0.717) is 10.8 Å².